The van der Waals surface area contributed by atoms with Crippen molar-refractivity contribution >= 4 is 38.7 Å². The third-order valence-electron chi connectivity index (χ3n) is 1.51. The number of Topliss-reactive ketones (excluding diaryl/α,β-unsaturated/α-hetero) is 1. The topological polar surface area (TPSA) is 33.2 Å². The van der Waals surface area contributed by atoms with Crippen LogP contribution in [0.4, 0.5) is 0 Å². The molecule has 0 saturated carbocycles. The molecule has 0 saturated heterocycles. The van der Waals surface area contributed by atoms with Crippen LogP contribution in [0.15, 0.2) is 22.9 Å². The summed E-state index contributed by atoms with van der Waals surface area (Å²) >= 11 is 3.22. The van der Waals surface area contributed by atoms with Gasteiger partial charge < -0.3 is 4.90 Å². The van der Waals surface area contributed by atoms with Crippen molar-refractivity contribution in [1.82, 2.24) is 9.88 Å². The lowest BCUT2D eigenvalue weighted by molar-refractivity contribution is 0.0957. The molecule has 0 radical (unpaired) electrons. The van der Waals surface area contributed by atoms with E-state index >= 15 is 0 Å². The van der Waals surface area contributed by atoms with Gasteiger partial charge in [0.05, 0.1) is 6.54 Å². The summed E-state index contributed by atoms with van der Waals surface area (Å²) in [7, 11) is 3.74. The Bertz CT molecular complexity index is 315. The number of carbonyl (C=O) groups excluding carboxylic acids is 1. The number of halogens is 2. The molecule has 5 heteroatoms. The number of rotatable bonds is 3. The fourth-order valence-corrected chi connectivity index (χ4v) is 1.32. The molecule has 0 fully saturated rings. The summed E-state index contributed by atoms with van der Waals surface area (Å²) in [5.41, 5.74) is 0.690. The van der Waals surface area contributed by atoms with E-state index in [1.807, 2.05) is 19.0 Å². The maximum atomic E-state index is 11.5. The fraction of sp³-hybridized carbons (Fsp3) is 0.333. The minimum absolute atomic E-state index is 0. The molecule has 0 aliphatic rings. The Balaban J connectivity index is 0.00000169. The number of likely N-dealkylation sites (N-methyl/N-ethyl adjacent to an activating group) is 1. The first-order chi connectivity index (χ1) is 6.09. The molecule has 1 aromatic heterocycles. The second-order valence-corrected chi connectivity index (χ2v) is 3.84. The van der Waals surface area contributed by atoms with E-state index in [9.17, 15) is 4.79 Å². The second kappa shape index (κ2) is 6.27. The molecule has 0 aromatic carbocycles. The van der Waals surface area contributed by atoms with E-state index in [1.165, 1.54) is 0 Å². The number of aromatic nitrogens is 1. The molecule has 0 atom stereocenters. The summed E-state index contributed by atoms with van der Waals surface area (Å²) in [6, 6.07) is 3.45. The maximum absolute atomic E-state index is 11.5. The summed E-state index contributed by atoms with van der Waals surface area (Å²) < 4.78 is 0.692. The summed E-state index contributed by atoms with van der Waals surface area (Å²) in [6.07, 6.45) is 1.62. The number of carbonyl (C=O) groups is 1. The number of nitrogens with zero attached hydrogens (tertiary/aromatic N) is 2. The van der Waals surface area contributed by atoms with Gasteiger partial charge in [-0.25, -0.2) is 4.98 Å². The molecule has 0 aliphatic heterocycles. The Hall–Kier alpha value is -0.260. The smallest absolute Gasteiger partial charge is 0.176 e. The van der Waals surface area contributed by atoms with Crippen molar-refractivity contribution in [2.45, 2.75) is 0 Å². The molecule has 0 N–H and O–H groups in total. The molecular formula is C9H12Br2N2O. The van der Waals surface area contributed by atoms with Gasteiger partial charge in [0.15, 0.2) is 5.78 Å². The van der Waals surface area contributed by atoms with E-state index in [1.54, 1.807) is 18.3 Å². The zero-order chi connectivity index (χ0) is 9.84. The summed E-state index contributed by atoms with van der Waals surface area (Å²) in [4.78, 5) is 17.3. The van der Waals surface area contributed by atoms with Gasteiger partial charge in [-0.05, 0) is 42.2 Å². The van der Waals surface area contributed by atoms with E-state index in [0.717, 1.165) is 0 Å². The van der Waals surface area contributed by atoms with Crippen molar-refractivity contribution in [1.29, 1.82) is 0 Å². The maximum Gasteiger partial charge on any atom is 0.176 e. The predicted octanol–water partition coefficient (Wildman–Crippen LogP) is 2.17. The Labute approximate surface area is 102 Å². The van der Waals surface area contributed by atoms with E-state index < -0.39 is 0 Å². The summed E-state index contributed by atoms with van der Waals surface area (Å²) in [5, 5.41) is 0. The fourth-order valence-electron chi connectivity index (χ4n) is 0.954. The first-order valence-electron chi connectivity index (χ1n) is 3.89. The third kappa shape index (κ3) is 4.30. The first-order valence-corrected chi connectivity index (χ1v) is 4.68. The largest absolute Gasteiger partial charge is 0.302 e. The molecule has 3 nitrogen and oxygen atoms in total. The Morgan fingerprint density at radius 3 is 2.71 bits per heavy atom. The molecular weight excluding hydrogens is 312 g/mol. The van der Waals surface area contributed by atoms with Crippen LogP contribution in [0.5, 0.6) is 0 Å². The number of pyridine rings is 1. The molecule has 0 bridgehead atoms. The van der Waals surface area contributed by atoms with Crippen LogP contribution in [0, 0.1) is 0 Å². The molecule has 78 valence electrons. The van der Waals surface area contributed by atoms with Gasteiger partial charge in [-0.3, -0.25) is 4.79 Å². The molecule has 1 heterocycles. The van der Waals surface area contributed by atoms with Crippen LogP contribution in [-0.2, 0) is 0 Å². The normalized spacial score (nSPS) is 9.71. The van der Waals surface area contributed by atoms with Crippen molar-refractivity contribution in [3.63, 3.8) is 0 Å². The van der Waals surface area contributed by atoms with Crippen molar-refractivity contribution in [2.24, 2.45) is 0 Å². The zero-order valence-electron chi connectivity index (χ0n) is 8.03. The van der Waals surface area contributed by atoms with Crippen LogP contribution in [0.2, 0.25) is 0 Å². The van der Waals surface area contributed by atoms with E-state index in [4.69, 9.17) is 0 Å². The monoisotopic (exact) mass is 322 g/mol. The van der Waals surface area contributed by atoms with Crippen LogP contribution >= 0.6 is 32.9 Å². The molecule has 0 unspecified atom stereocenters. The quantitative estimate of drug-likeness (QED) is 0.631. The SMILES string of the molecule is Br.CN(C)CC(=O)c1ccnc(Br)c1. The lowest BCUT2D eigenvalue weighted by atomic mass is 10.2. The molecule has 0 spiro atoms. The van der Waals surface area contributed by atoms with Crippen molar-refractivity contribution in [3.05, 3.63) is 28.5 Å². The number of hydrogen-bond donors (Lipinski definition) is 0. The molecule has 0 aliphatic carbocycles. The van der Waals surface area contributed by atoms with E-state index in [-0.39, 0.29) is 22.8 Å². The van der Waals surface area contributed by atoms with Gasteiger partial charge in [0.25, 0.3) is 0 Å². The van der Waals surface area contributed by atoms with Gasteiger partial charge in [-0.15, -0.1) is 17.0 Å². The average Bonchev–Trinajstić information content (AvgIpc) is 2.03. The highest BCUT2D eigenvalue weighted by molar-refractivity contribution is 9.10. The highest BCUT2D eigenvalue weighted by Crippen LogP contribution is 2.08. The third-order valence-corrected chi connectivity index (χ3v) is 1.94. The lowest BCUT2D eigenvalue weighted by Crippen LogP contribution is -2.21. The second-order valence-electron chi connectivity index (χ2n) is 3.03. The van der Waals surface area contributed by atoms with Crippen LogP contribution < -0.4 is 0 Å². The van der Waals surface area contributed by atoms with Crippen LogP contribution in [0.3, 0.4) is 0 Å². The van der Waals surface area contributed by atoms with Crippen molar-refractivity contribution in [2.75, 3.05) is 20.6 Å². The number of hydrogen-bond acceptors (Lipinski definition) is 3. The highest BCUT2D eigenvalue weighted by Gasteiger charge is 2.06. The minimum Gasteiger partial charge on any atom is -0.302 e. The minimum atomic E-state index is 0. The average molecular weight is 324 g/mol. The highest BCUT2D eigenvalue weighted by atomic mass is 79.9. The number of ketones is 1. The Morgan fingerprint density at radius 1 is 1.57 bits per heavy atom. The summed E-state index contributed by atoms with van der Waals surface area (Å²) in [5.74, 6) is 0.105. The van der Waals surface area contributed by atoms with Gasteiger partial charge in [-0.2, -0.15) is 0 Å². The van der Waals surface area contributed by atoms with E-state index in [0.29, 0.717) is 16.7 Å². The van der Waals surface area contributed by atoms with E-state index in [2.05, 4.69) is 20.9 Å². The standard InChI is InChI=1S/C9H11BrN2O.BrH/c1-12(2)6-8(13)7-3-4-11-9(10)5-7;/h3-5H,6H2,1-2H3;1H. The Morgan fingerprint density at radius 2 is 2.21 bits per heavy atom. The van der Waals surface area contributed by atoms with Crippen molar-refractivity contribution in [3.8, 4) is 0 Å². The van der Waals surface area contributed by atoms with Gasteiger partial charge in [0.2, 0.25) is 0 Å². The first kappa shape index (κ1) is 13.7. The molecule has 0 amide bonds. The van der Waals surface area contributed by atoms with Gasteiger partial charge in [0, 0.05) is 11.8 Å². The Kier molecular flexibility index (Phi) is 6.15. The van der Waals surface area contributed by atoms with Crippen LogP contribution in [0.25, 0.3) is 0 Å². The van der Waals surface area contributed by atoms with Crippen LogP contribution in [0.1, 0.15) is 10.4 Å². The molecule has 1 rings (SSSR count). The lowest BCUT2D eigenvalue weighted by Gasteiger charge is -2.07. The zero-order valence-corrected chi connectivity index (χ0v) is 11.3. The van der Waals surface area contributed by atoms with Crippen molar-refractivity contribution < 1.29 is 4.79 Å². The summed E-state index contributed by atoms with van der Waals surface area (Å²) in [6.45, 7) is 0.427. The van der Waals surface area contributed by atoms with Crippen LogP contribution in [-0.4, -0.2) is 36.3 Å². The van der Waals surface area contributed by atoms with Gasteiger partial charge >= 0.3 is 0 Å². The van der Waals surface area contributed by atoms with Gasteiger partial charge in [0.1, 0.15) is 4.60 Å². The molecule has 1 aromatic rings. The van der Waals surface area contributed by atoms with Gasteiger partial charge in [-0.1, -0.05) is 0 Å². The predicted molar refractivity (Wildman–Crippen MR) is 65.1 cm³/mol. The molecule has 14 heavy (non-hydrogen) atoms.